The van der Waals surface area contributed by atoms with Crippen LogP contribution in [0.1, 0.15) is 54.6 Å². The maximum absolute atomic E-state index is 12.9. The molecule has 0 aliphatic heterocycles. The van der Waals surface area contributed by atoms with Gasteiger partial charge in [0.25, 0.3) is 0 Å². The second-order valence-corrected chi connectivity index (χ2v) is 12.5. The van der Waals surface area contributed by atoms with Gasteiger partial charge >= 0.3 is 0 Å². The first-order valence-electron chi connectivity index (χ1n) is 11.9. The number of thioether (sulfide) groups is 1. The lowest BCUT2D eigenvalue weighted by molar-refractivity contribution is -0.113. The molecule has 1 N–H and O–H groups in total. The number of halogens is 1. The molecule has 0 bridgehead atoms. The highest BCUT2D eigenvalue weighted by Crippen LogP contribution is 2.44. The molecule has 2 heterocycles. The summed E-state index contributed by atoms with van der Waals surface area (Å²) in [6, 6.07) is 9.97. The quantitative estimate of drug-likeness (QED) is 0.260. The maximum atomic E-state index is 12.9. The van der Waals surface area contributed by atoms with Gasteiger partial charge in [-0.3, -0.25) is 4.79 Å². The monoisotopic (exact) mass is 539 g/mol. The van der Waals surface area contributed by atoms with Gasteiger partial charge in [-0.05, 0) is 53.9 Å². The Hall–Kier alpha value is -2.60. The molecule has 3 aromatic rings. The summed E-state index contributed by atoms with van der Waals surface area (Å²) in [5, 5.41) is 23.5. The van der Waals surface area contributed by atoms with Gasteiger partial charge in [0.1, 0.15) is 16.9 Å². The molecule has 1 amide bonds. The summed E-state index contributed by atoms with van der Waals surface area (Å²) in [6.07, 6.45) is 5.32. The van der Waals surface area contributed by atoms with Gasteiger partial charge in [-0.25, -0.2) is 0 Å². The number of nitrogens with one attached hydrogen (secondary N) is 1. The largest absolute Gasteiger partial charge is 0.316 e. The Morgan fingerprint density at radius 1 is 1.36 bits per heavy atom. The predicted octanol–water partition coefficient (Wildman–Crippen LogP) is 6.52. The number of hydrogen-bond donors (Lipinski definition) is 1. The molecular formula is C27H30ClN5OS2. The number of hydrogen-bond acceptors (Lipinski definition) is 6. The topological polar surface area (TPSA) is 83.6 Å². The lowest BCUT2D eigenvalue weighted by atomic mass is 9.72. The number of amides is 1. The minimum Gasteiger partial charge on any atom is -0.316 e. The number of aromatic nitrogens is 3. The summed E-state index contributed by atoms with van der Waals surface area (Å²) >= 11 is 8.88. The Balaban J connectivity index is 1.43. The molecule has 0 saturated heterocycles. The molecule has 188 valence electrons. The van der Waals surface area contributed by atoms with Crippen molar-refractivity contribution in [2.45, 2.75) is 58.2 Å². The van der Waals surface area contributed by atoms with Crippen molar-refractivity contribution in [3.63, 3.8) is 0 Å². The first-order valence-corrected chi connectivity index (χ1v) is 14.1. The van der Waals surface area contributed by atoms with Gasteiger partial charge in [0, 0.05) is 22.9 Å². The Morgan fingerprint density at radius 2 is 2.11 bits per heavy atom. The second-order valence-electron chi connectivity index (χ2n) is 10.1. The first-order chi connectivity index (χ1) is 17.2. The van der Waals surface area contributed by atoms with E-state index in [1.54, 1.807) is 17.4 Å². The number of carbonyl (C=O) groups excluding carboxylic acids is 1. The van der Waals surface area contributed by atoms with Crippen LogP contribution in [0.25, 0.3) is 0 Å². The molecule has 9 heteroatoms. The van der Waals surface area contributed by atoms with Gasteiger partial charge in [0.2, 0.25) is 5.91 Å². The second kappa shape index (κ2) is 11.2. The van der Waals surface area contributed by atoms with Crippen molar-refractivity contribution in [1.82, 2.24) is 14.8 Å². The number of anilines is 1. The third-order valence-corrected chi connectivity index (χ3v) is 8.96. The number of nitrogens with zero attached hydrogens (tertiary/aromatic N) is 4. The zero-order valence-electron chi connectivity index (χ0n) is 20.8. The van der Waals surface area contributed by atoms with Crippen molar-refractivity contribution in [2.24, 2.45) is 11.3 Å². The van der Waals surface area contributed by atoms with Crippen LogP contribution < -0.4 is 5.32 Å². The molecule has 1 aliphatic rings. The maximum Gasteiger partial charge on any atom is 0.235 e. The molecular weight excluding hydrogens is 510 g/mol. The number of fused-ring (bicyclic) bond motifs is 1. The molecule has 0 radical (unpaired) electrons. The summed E-state index contributed by atoms with van der Waals surface area (Å²) in [5.74, 6) is 1.39. The number of benzene rings is 1. The van der Waals surface area contributed by atoms with Gasteiger partial charge < -0.3 is 9.88 Å². The fourth-order valence-electron chi connectivity index (χ4n) is 4.48. The van der Waals surface area contributed by atoms with E-state index in [4.69, 9.17) is 11.6 Å². The smallest absolute Gasteiger partial charge is 0.235 e. The lowest BCUT2D eigenvalue weighted by Crippen LogP contribution is -2.26. The zero-order chi connectivity index (χ0) is 25.9. The van der Waals surface area contributed by atoms with E-state index >= 15 is 0 Å². The normalized spacial score (nSPS) is 15.2. The highest BCUT2D eigenvalue weighted by molar-refractivity contribution is 7.99. The minimum absolute atomic E-state index is 0.158. The van der Waals surface area contributed by atoms with Crippen LogP contribution in [0.2, 0.25) is 5.02 Å². The molecule has 0 saturated carbocycles. The van der Waals surface area contributed by atoms with Crippen LogP contribution in [-0.2, 0) is 30.6 Å². The molecule has 0 fully saturated rings. The molecule has 0 spiro atoms. The molecule has 36 heavy (non-hydrogen) atoms. The number of allylic oxidation sites excluding steroid dienone is 1. The van der Waals surface area contributed by atoms with Crippen LogP contribution in [0, 0.1) is 22.7 Å². The molecule has 1 atom stereocenters. The van der Waals surface area contributed by atoms with E-state index in [0.717, 1.165) is 36.2 Å². The Labute approximate surface area is 225 Å². The number of rotatable bonds is 8. The van der Waals surface area contributed by atoms with Gasteiger partial charge in [0.05, 0.1) is 11.3 Å². The fraction of sp³-hybridized carbons (Fsp3) is 0.407. The Kier molecular flexibility index (Phi) is 8.23. The summed E-state index contributed by atoms with van der Waals surface area (Å²) in [4.78, 5) is 14.1. The highest BCUT2D eigenvalue weighted by Gasteiger charge is 2.32. The number of carbonyl (C=O) groups is 1. The molecule has 6 nitrogen and oxygen atoms in total. The lowest BCUT2D eigenvalue weighted by Gasteiger charge is -2.33. The Morgan fingerprint density at radius 3 is 2.78 bits per heavy atom. The molecule has 2 aromatic heterocycles. The highest BCUT2D eigenvalue weighted by atomic mass is 35.5. The first kappa shape index (κ1) is 26.5. The fourth-order valence-corrected chi connectivity index (χ4v) is 6.66. The molecule has 4 rings (SSSR count). The van der Waals surface area contributed by atoms with Crippen LogP contribution in [0.3, 0.4) is 0 Å². The summed E-state index contributed by atoms with van der Waals surface area (Å²) in [5.41, 5.74) is 3.04. The van der Waals surface area contributed by atoms with E-state index in [1.807, 2.05) is 28.8 Å². The van der Waals surface area contributed by atoms with E-state index in [2.05, 4.69) is 48.9 Å². The van der Waals surface area contributed by atoms with Gasteiger partial charge in [-0.15, -0.1) is 28.1 Å². The van der Waals surface area contributed by atoms with Gasteiger partial charge in [-0.1, -0.05) is 62.3 Å². The van der Waals surface area contributed by atoms with Crippen molar-refractivity contribution in [3.05, 3.63) is 69.3 Å². The van der Waals surface area contributed by atoms with Crippen LogP contribution in [-0.4, -0.2) is 26.4 Å². The van der Waals surface area contributed by atoms with E-state index in [-0.39, 0.29) is 17.1 Å². The van der Waals surface area contributed by atoms with E-state index in [9.17, 15) is 10.1 Å². The molecule has 1 unspecified atom stereocenters. The van der Waals surface area contributed by atoms with Crippen molar-refractivity contribution in [3.8, 4) is 6.07 Å². The molecule has 1 aromatic carbocycles. The van der Waals surface area contributed by atoms with Crippen molar-refractivity contribution in [1.29, 1.82) is 5.26 Å². The van der Waals surface area contributed by atoms with Crippen LogP contribution in [0.5, 0.6) is 0 Å². The van der Waals surface area contributed by atoms with Gasteiger partial charge in [-0.2, -0.15) is 5.26 Å². The van der Waals surface area contributed by atoms with Crippen molar-refractivity contribution >= 4 is 45.6 Å². The van der Waals surface area contributed by atoms with Crippen molar-refractivity contribution < 1.29 is 4.79 Å². The summed E-state index contributed by atoms with van der Waals surface area (Å²) in [7, 11) is 0. The minimum atomic E-state index is -0.158. The predicted molar refractivity (Wildman–Crippen MR) is 148 cm³/mol. The average molecular weight is 540 g/mol. The molecule has 1 aliphatic carbocycles. The van der Waals surface area contributed by atoms with Crippen LogP contribution in [0.15, 0.2) is 42.1 Å². The summed E-state index contributed by atoms with van der Waals surface area (Å²) < 4.78 is 1.97. The number of nitriles is 1. The van der Waals surface area contributed by atoms with E-state index in [0.29, 0.717) is 39.6 Å². The average Bonchev–Trinajstić information content (AvgIpc) is 3.38. The van der Waals surface area contributed by atoms with Crippen LogP contribution >= 0.6 is 34.7 Å². The summed E-state index contributed by atoms with van der Waals surface area (Å²) in [6.45, 7) is 11.2. The van der Waals surface area contributed by atoms with E-state index < -0.39 is 0 Å². The van der Waals surface area contributed by atoms with Crippen molar-refractivity contribution in [2.75, 3.05) is 11.1 Å². The van der Waals surface area contributed by atoms with E-state index in [1.165, 1.54) is 16.6 Å². The zero-order valence-corrected chi connectivity index (χ0v) is 23.2. The third kappa shape index (κ3) is 6.03. The third-order valence-electron chi connectivity index (χ3n) is 6.57. The van der Waals surface area contributed by atoms with Gasteiger partial charge in [0.15, 0.2) is 5.16 Å². The Bertz CT molecular complexity index is 1300. The van der Waals surface area contributed by atoms with Crippen LogP contribution in [0.4, 0.5) is 5.00 Å². The SMILES string of the molecule is C=CCn1c(Cc2ccc(Cl)cc2)nnc1SCC(=O)Nc1sc2c(c1C#N)CCC(C(C)(C)C)C2. The number of thiophene rings is 1. The standard InChI is InChI=1S/C27H30ClN5OS2/c1-5-12-33-23(13-17-6-9-19(28)10-7-17)31-32-26(33)35-16-24(34)30-25-21(15-29)20-11-8-18(27(2,3)4)14-22(20)36-25/h5-7,9-10,18H,1,8,11-14,16H2,2-4H3,(H,30,34).